The number of nitrogen functional groups attached to an aromatic ring is 1. The second kappa shape index (κ2) is 5.74. The van der Waals surface area contributed by atoms with Gasteiger partial charge in [-0.2, -0.15) is 0 Å². The molecule has 0 bridgehead atoms. The molecule has 0 amide bonds. The van der Waals surface area contributed by atoms with Crippen molar-refractivity contribution in [2.75, 3.05) is 19.3 Å². The molecule has 0 spiro atoms. The number of halogens is 1. The number of nitrogens with zero attached hydrogens (tertiary/aromatic N) is 1. The van der Waals surface area contributed by atoms with Gasteiger partial charge in [0.05, 0.1) is 6.10 Å². The molecule has 0 fully saturated rings. The third-order valence-corrected chi connectivity index (χ3v) is 2.29. The molecule has 90 valence electrons. The lowest BCUT2D eigenvalue weighted by Crippen LogP contribution is -2.23. The van der Waals surface area contributed by atoms with E-state index in [9.17, 15) is 14.6 Å². The first-order chi connectivity index (χ1) is 7.56. The second-order valence-electron chi connectivity index (χ2n) is 3.54. The predicted molar refractivity (Wildman–Crippen MR) is 58.1 cm³/mol. The van der Waals surface area contributed by atoms with Crippen molar-refractivity contribution in [2.24, 2.45) is 0 Å². The lowest BCUT2D eigenvalue weighted by Gasteiger charge is -2.17. The van der Waals surface area contributed by atoms with E-state index >= 15 is 0 Å². The van der Waals surface area contributed by atoms with Gasteiger partial charge >= 0.3 is 0 Å². The summed E-state index contributed by atoms with van der Waals surface area (Å²) in [4.78, 5) is 3.58. The summed E-state index contributed by atoms with van der Waals surface area (Å²) < 4.78 is 13.1. The Hall–Kier alpha value is -1.24. The maximum atomic E-state index is 13.1. The van der Waals surface area contributed by atoms with E-state index in [0.717, 1.165) is 6.07 Å². The molecule has 0 aliphatic rings. The van der Waals surface area contributed by atoms with Gasteiger partial charge in [0.1, 0.15) is 6.10 Å². The van der Waals surface area contributed by atoms with Gasteiger partial charge in [-0.05, 0) is 26.1 Å². The standard InChI is InChI=1S/C10H16FN3O2/c1-13-3-2-8(15)9(16)6-4-7(11)10(12)14-5-6/h4-5,8-9,13,15-16H,2-3H2,1H3,(H2,12,14). The van der Waals surface area contributed by atoms with E-state index in [1.54, 1.807) is 7.05 Å². The maximum absolute atomic E-state index is 13.1. The van der Waals surface area contributed by atoms with Crippen molar-refractivity contribution in [1.29, 1.82) is 0 Å². The van der Waals surface area contributed by atoms with Crippen LogP contribution in [0.1, 0.15) is 18.1 Å². The van der Waals surface area contributed by atoms with Gasteiger partial charge < -0.3 is 21.3 Å². The summed E-state index contributed by atoms with van der Waals surface area (Å²) in [6.45, 7) is 0.559. The van der Waals surface area contributed by atoms with Gasteiger partial charge in [-0.25, -0.2) is 9.37 Å². The number of pyridine rings is 1. The second-order valence-corrected chi connectivity index (χ2v) is 3.54. The van der Waals surface area contributed by atoms with Gasteiger partial charge in [-0.15, -0.1) is 0 Å². The molecule has 0 radical (unpaired) electrons. The molecule has 1 heterocycles. The molecule has 16 heavy (non-hydrogen) atoms. The summed E-state index contributed by atoms with van der Waals surface area (Å²) in [5, 5.41) is 22.1. The molecule has 5 nitrogen and oxygen atoms in total. The average Bonchev–Trinajstić information content (AvgIpc) is 2.28. The molecule has 1 aromatic heterocycles. The first-order valence-corrected chi connectivity index (χ1v) is 4.98. The number of aliphatic hydroxyl groups is 2. The summed E-state index contributed by atoms with van der Waals surface area (Å²) in [6, 6.07) is 1.08. The Morgan fingerprint density at radius 2 is 2.25 bits per heavy atom. The fraction of sp³-hybridized carbons (Fsp3) is 0.500. The first-order valence-electron chi connectivity index (χ1n) is 4.98. The molecule has 0 saturated carbocycles. The Morgan fingerprint density at radius 3 is 2.81 bits per heavy atom. The zero-order chi connectivity index (χ0) is 12.1. The Balaban J connectivity index is 2.71. The topological polar surface area (TPSA) is 91.4 Å². The van der Waals surface area contributed by atoms with E-state index in [1.165, 1.54) is 6.20 Å². The first kappa shape index (κ1) is 12.8. The summed E-state index contributed by atoms with van der Waals surface area (Å²) in [6.07, 6.45) is -0.497. The van der Waals surface area contributed by atoms with Gasteiger partial charge in [-0.3, -0.25) is 0 Å². The highest BCUT2D eigenvalue weighted by molar-refractivity contribution is 5.32. The number of anilines is 1. The number of nitrogens with one attached hydrogen (secondary N) is 1. The van der Waals surface area contributed by atoms with E-state index < -0.39 is 18.0 Å². The Bertz CT molecular complexity index is 349. The molecule has 1 aromatic rings. The van der Waals surface area contributed by atoms with Crippen LogP contribution in [0.3, 0.4) is 0 Å². The zero-order valence-corrected chi connectivity index (χ0v) is 9.02. The SMILES string of the molecule is CNCCC(O)C(O)c1cnc(N)c(F)c1. The number of aliphatic hydroxyl groups excluding tert-OH is 2. The summed E-state index contributed by atoms with van der Waals surface area (Å²) in [5.74, 6) is -0.918. The third-order valence-electron chi connectivity index (χ3n) is 2.29. The quantitative estimate of drug-likeness (QED) is 0.561. The molecule has 0 aromatic carbocycles. The van der Waals surface area contributed by atoms with E-state index in [1.807, 2.05) is 0 Å². The molecule has 2 unspecified atom stereocenters. The van der Waals surface area contributed by atoms with Crippen LogP contribution in [-0.4, -0.2) is 34.9 Å². The Labute approximate surface area is 93.1 Å². The van der Waals surface area contributed by atoms with Gasteiger partial charge in [-0.1, -0.05) is 0 Å². The molecule has 1 rings (SSSR count). The molecule has 0 aliphatic carbocycles. The predicted octanol–water partition coefficient (Wildman–Crippen LogP) is -0.193. The van der Waals surface area contributed by atoms with Gasteiger partial charge in [0.25, 0.3) is 0 Å². The largest absolute Gasteiger partial charge is 0.390 e. The van der Waals surface area contributed by atoms with Crippen LogP contribution < -0.4 is 11.1 Å². The molecular formula is C10H16FN3O2. The summed E-state index contributed by atoms with van der Waals surface area (Å²) in [5.41, 5.74) is 5.42. The van der Waals surface area contributed by atoms with Gasteiger partial charge in [0, 0.05) is 11.8 Å². The number of hydrogen-bond donors (Lipinski definition) is 4. The Morgan fingerprint density at radius 1 is 1.56 bits per heavy atom. The van der Waals surface area contributed by atoms with Crippen molar-refractivity contribution in [2.45, 2.75) is 18.6 Å². The van der Waals surface area contributed by atoms with Crippen molar-refractivity contribution >= 4 is 5.82 Å². The van der Waals surface area contributed by atoms with E-state index in [2.05, 4.69) is 10.3 Å². The van der Waals surface area contributed by atoms with E-state index in [-0.39, 0.29) is 11.4 Å². The minimum atomic E-state index is -1.16. The summed E-state index contributed by atoms with van der Waals surface area (Å²) in [7, 11) is 1.74. The molecule has 0 saturated heterocycles. The van der Waals surface area contributed by atoms with Crippen molar-refractivity contribution < 1.29 is 14.6 Å². The van der Waals surface area contributed by atoms with Crippen LogP contribution in [0.5, 0.6) is 0 Å². The van der Waals surface area contributed by atoms with Crippen LogP contribution in [0.15, 0.2) is 12.3 Å². The van der Waals surface area contributed by atoms with E-state index in [4.69, 9.17) is 5.73 Å². The smallest absolute Gasteiger partial charge is 0.165 e. The lowest BCUT2D eigenvalue weighted by atomic mass is 10.0. The molecular weight excluding hydrogens is 213 g/mol. The van der Waals surface area contributed by atoms with Crippen LogP contribution in [0.4, 0.5) is 10.2 Å². The van der Waals surface area contributed by atoms with Crippen LogP contribution >= 0.6 is 0 Å². The van der Waals surface area contributed by atoms with Crippen molar-refractivity contribution in [1.82, 2.24) is 10.3 Å². The molecule has 2 atom stereocenters. The third kappa shape index (κ3) is 3.13. The van der Waals surface area contributed by atoms with Crippen LogP contribution in [0.2, 0.25) is 0 Å². The number of nitrogens with two attached hydrogens (primary N) is 1. The van der Waals surface area contributed by atoms with Crippen molar-refractivity contribution in [3.63, 3.8) is 0 Å². The molecule has 5 N–H and O–H groups in total. The Kier molecular flexibility index (Phi) is 4.60. The van der Waals surface area contributed by atoms with Crippen LogP contribution in [0.25, 0.3) is 0 Å². The number of aromatic nitrogens is 1. The average molecular weight is 229 g/mol. The monoisotopic (exact) mass is 229 g/mol. The molecule has 0 aliphatic heterocycles. The number of rotatable bonds is 5. The highest BCUT2D eigenvalue weighted by Gasteiger charge is 2.19. The highest BCUT2D eigenvalue weighted by Crippen LogP contribution is 2.20. The normalized spacial score (nSPS) is 14.8. The van der Waals surface area contributed by atoms with Gasteiger partial charge in [0.15, 0.2) is 11.6 Å². The van der Waals surface area contributed by atoms with Gasteiger partial charge in [0.2, 0.25) is 0 Å². The maximum Gasteiger partial charge on any atom is 0.165 e. The molecule has 6 heteroatoms. The number of hydrogen-bond acceptors (Lipinski definition) is 5. The lowest BCUT2D eigenvalue weighted by molar-refractivity contribution is 0.0137. The van der Waals surface area contributed by atoms with Crippen LogP contribution in [-0.2, 0) is 0 Å². The van der Waals surface area contributed by atoms with E-state index in [0.29, 0.717) is 13.0 Å². The zero-order valence-electron chi connectivity index (χ0n) is 9.02. The highest BCUT2D eigenvalue weighted by atomic mass is 19.1. The van der Waals surface area contributed by atoms with Crippen molar-refractivity contribution in [3.8, 4) is 0 Å². The minimum absolute atomic E-state index is 0.218. The fourth-order valence-electron chi connectivity index (χ4n) is 1.30. The van der Waals surface area contributed by atoms with Crippen LogP contribution in [0, 0.1) is 5.82 Å². The van der Waals surface area contributed by atoms with Crippen molar-refractivity contribution in [3.05, 3.63) is 23.6 Å². The summed E-state index contributed by atoms with van der Waals surface area (Å²) >= 11 is 0. The minimum Gasteiger partial charge on any atom is -0.390 e. The fourth-order valence-corrected chi connectivity index (χ4v) is 1.30.